The number of nitro groups is 1. The molecule has 1 unspecified atom stereocenters. The lowest BCUT2D eigenvalue weighted by molar-refractivity contribution is -0.384. The molecule has 1 saturated heterocycles. The third-order valence-corrected chi connectivity index (χ3v) is 3.99. The molecule has 1 amide bonds. The summed E-state index contributed by atoms with van der Waals surface area (Å²) in [6.45, 7) is 2.57. The zero-order chi connectivity index (χ0) is 16.1. The average molecular weight is 306 g/mol. The van der Waals surface area contributed by atoms with Gasteiger partial charge in [-0.1, -0.05) is 12.1 Å². The SMILES string of the molecule is CNCC1CCN(C(=O)CN(C)c2ccccc2[N+](=O)[O-])C1. The van der Waals surface area contributed by atoms with Crippen LogP contribution in [0.2, 0.25) is 0 Å². The fourth-order valence-electron chi connectivity index (χ4n) is 2.84. The van der Waals surface area contributed by atoms with Crippen molar-refractivity contribution >= 4 is 17.3 Å². The van der Waals surface area contributed by atoms with Crippen LogP contribution in [0.4, 0.5) is 11.4 Å². The normalized spacial score (nSPS) is 17.5. The Bertz CT molecular complexity index is 549. The summed E-state index contributed by atoms with van der Waals surface area (Å²) < 4.78 is 0. The van der Waals surface area contributed by atoms with E-state index in [1.807, 2.05) is 11.9 Å². The van der Waals surface area contributed by atoms with Gasteiger partial charge in [0, 0.05) is 26.2 Å². The van der Waals surface area contributed by atoms with Gasteiger partial charge >= 0.3 is 0 Å². The summed E-state index contributed by atoms with van der Waals surface area (Å²) in [5, 5.41) is 14.2. The Hall–Kier alpha value is -2.15. The van der Waals surface area contributed by atoms with Gasteiger partial charge < -0.3 is 15.1 Å². The Balaban J connectivity index is 1.99. The molecule has 120 valence electrons. The van der Waals surface area contributed by atoms with Gasteiger partial charge in [-0.25, -0.2) is 0 Å². The van der Waals surface area contributed by atoms with Crippen LogP contribution >= 0.6 is 0 Å². The number of nitrogens with one attached hydrogen (secondary N) is 1. The number of nitro benzene ring substituents is 1. The predicted octanol–water partition coefficient (Wildman–Crippen LogP) is 1.10. The molecule has 2 rings (SSSR count). The third-order valence-electron chi connectivity index (χ3n) is 3.99. The zero-order valence-electron chi connectivity index (χ0n) is 13.0. The number of para-hydroxylation sites is 2. The maximum atomic E-state index is 12.4. The van der Waals surface area contributed by atoms with Gasteiger partial charge in [-0.2, -0.15) is 0 Å². The highest BCUT2D eigenvalue weighted by Gasteiger charge is 2.27. The summed E-state index contributed by atoms with van der Waals surface area (Å²) in [4.78, 5) is 26.5. The number of likely N-dealkylation sites (N-methyl/N-ethyl adjacent to an activating group) is 1. The number of hydrogen-bond donors (Lipinski definition) is 1. The van der Waals surface area contributed by atoms with E-state index in [9.17, 15) is 14.9 Å². The van der Waals surface area contributed by atoms with Gasteiger partial charge in [-0.05, 0) is 32.0 Å². The van der Waals surface area contributed by atoms with Crippen LogP contribution in [0.15, 0.2) is 24.3 Å². The molecule has 1 aromatic carbocycles. The lowest BCUT2D eigenvalue weighted by atomic mass is 10.1. The third kappa shape index (κ3) is 3.73. The largest absolute Gasteiger partial charge is 0.360 e. The minimum absolute atomic E-state index is 0.0132. The molecule has 7 heteroatoms. The van der Waals surface area contributed by atoms with Crippen molar-refractivity contribution in [1.82, 2.24) is 10.2 Å². The van der Waals surface area contributed by atoms with E-state index in [0.29, 0.717) is 11.6 Å². The highest BCUT2D eigenvalue weighted by atomic mass is 16.6. The molecule has 22 heavy (non-hydrogen) atoms. The minimum Gasteiger partial charge on any atom is -0.360 e. The Morgan fingerprint density at radius 3 is 2.91 bits per heavy atom. The second-order valence-corrected chi connectivity index (χ2v) is 5.65. The summed E-state index contributed by atoms with van der Waals surface area (Å²) >= 11 is 0. The first-order valence-electron chi connectivity index (χ1n) is 7.40. The Labute approximate surface area is 130 Å². The topological polar surface area (TPSA) is 78.7 Å². The van der Waals surface area contributed by atoms with Crippen molar-refractivity contribution in [2.24, 2.45) is 5.92 Å². The lowest BCUT2D eigenvalue weighted by Gasteiger charge is -2.23. The van der Waals surface area contributed by atoms with E-state index in [1.165, 1.54) is 6.07 Å². The molecule has 1 atom stereocenters. The molecule has 1 aliphatic heterocycles. The first-order valence-corrected chi connectivity index (χ1v) is 7.40. The van der Waals surface area contributed by atoms with Gasteiger partial charge in [-0.3, -0.25) is 14.9 Å². The van der Waals surface area contributed by atoms with Crippen LogP contribution in [-0.4, -0.2) is 56.0 Å². The van der Waals surface area contributed by atoms with E-state index in [-0.39, 0.29) is 18.1 Å². The standard InChI is InChI=1S/C15H22N4O3/c1-16-9-12-7-8-18(10-12)15(20)11-17(2)13-5-3-4-6-14(13)19(21)22/h3-6,12,16H,7-11H2,1-2H3. The second-order valence-electron chi connectivity index (χ2n) is 5.65. The van der Waals surface area contributed by atoms with E-state index in [1.54, 1.807) is 30.1 Å². The number of rotatable bonds is 6. The molecule has 0 aliphatic carbocycles. The van der Waals surface area contributed by atoms with Crippen molar-refractivity contribution in [3.63, 3.8) is 0 Å². The molecule has 0 saturated carbocycles. The molecule has 1 N–H and O–H groups in total. The van der Waals surface area contributed by atoms with Crippen LogP contribution < -0.4 is 10.2 Å². The van der Waals surface area contributed by atoms with Gasteiger partial charge in [0.1, 0.15) is 5.69 Å². The summed E-state index contributed by atoms with van der Waals surface area (Å²) in [6.07, 6.45) is 1.00. The molecule has 0 radical (unpaired) electrons. The van der Waals surface area contributed by atoms with Gasteiger partial charge in [0.25, 0.3) is 5.69 Å². The van der Waals surface area contributed by atoms with Gasteiger partial charge in [0.05, 0.1) is 11.5 Å². The number of carbonyl (C=O) groups excluding carboxylic acids is 1. The van der Waals surface area contributed by atoms with Crippen molar-refractivity contribution in [2.75, 3.05) is 45.2 Å². The molecule has 1 heterocycles. The molecular formula is C15H22N4O3. The van der Waals surface area contributed by atoms with Crippen LogP contribution in [0.1, 0.15) is 6.42 Å². The molecule has 0 spiro atoms. The van der Waals surface area contributed by atoms with Gasteiger partial charge in [-0.15, -0.1) is 0 Å². The first-order chi connectivity index (χ1) is 10.5. The van der Waals surface area contributed by atoms with E-state index < -0.39 is 4.92 Å². The minimum atomic E-state index is -0.422. The molecule has 0 aromatic heterocycles. The molecule has 1 fully saturated rings. The Kier molecular flexibility index (Phi) is 5.32. The average Bonchev–Trinajstić information content (AvgIpc) is 2.96. The Morgan fingerprint density at radius 1 is 1.50 bits per heavy atom. The zero-order valence-corrected chi connectivity index (χ0v) is 13.0. The Morgan fingerprint density at radius 2 is 2.23 bits per heavy atom. The number of likely N-dealkylation sites (tertiary alicyclic amines) is 1. The summed E-state index contributed by atoms with van der Waals surface area (Å²) in [6, 6.07) is 6.48. The van der Waals surface area contributed by atoms with Gasteiger partial charge in [0.2, 0.25) is 5.91 Å². The van der Waals surface area contributed by atoms with Crippen molar-refractivity contribution < 1.29 is 9.72 Å². The van der Waals surface area contributed by atoms with E-state index in [4.69, 9.17) is 0 Å². The van der Waals surface area contributed by atoms with Crippen LogP contribution in [0.5, 0.6) is 0 Å². The molecule has 7 nitrogen and oxygen atoms in total. The molecule has 1 aromatic rings. The number of nitrogens with zero attached hydrogens (tertiary/aromatic N) is 3. The van der Waals surface area contributed by atoms with Crippen LogP contribution in [0.3, 0.4) is 0 Å². The number of hydrogen-bond acceptors (Lipinski definition) is 5. The highest BCUT2D eigenvalue weighted by Crippen LogP contribution is 2.26. The number of anilines is 1. The maximum absolute atomic E-state index is 12.4. The fraction of sp³-hybridized carbons (Fsp3) is 0.533. The summed E-state index contributed by atoms with van der Waals surface area (Å²) in [5.41, 5.74) is 0.485. The van der Waals surface area contributed by atoms with Gasteiger partial charge in [0.15, 0.2) is 0 Å². The molecule has 1 aliphatic rings. The van der Waals surface area contributed by atoms with Crippen molar-refractivity contribution in [3.8, 4) is 0 Å². The van der Waals surface area contributed by atoms with E-state index in [2.05, 4.69) is 5.32 Å². The van der Waals surface area contributed by atoms with E-state index in [0.717, 1.165) is 26.1 Å². The number of benzene rings is 1. The fourth-order valence-corrected chi connectivity index (χ4v) is 2.84. The first kappa shape index (κ1) is 16.2. The number of carbonyl (C=O) groups is 1. The van der Waals surface area contributed by atoms with Crippen molar-refractivity contribution in [1.29, 1.82) is 0 Å². The van der Waals surface area contributed by atoms with Crippen molar-refractivity contribution in [3.05, 3.63) is 34.4 Å². The number of amides is 1. The molecular weight excluding hydrogens is 284 g/mol. The van der Waals surface area contributed by atoms with Crippen molar-refractivity contribution in [2.45, 2.75) is 6.42 Å². The van der Waals surface area contributed by atoms with E-state index >= 15 is 0 Å². The maximum Gasteiger partial charge on any atom is 0.292 e. The lowest BCUT2D eigenvalue weighted by Crippen LogP contribution is -2.38. The second kappa shape index (κ2) is 7.22. The summed E-state index contributed by atoms with van der Waals surface area (Å²) in [7, 11) is 3.62. The van der Waals surface area contributed by atoms with Crippen LogP contribution in [-0.2, 0) is 4.79 Å². The van der Waals surface area contributed by atoms with Crippen LogP contribution in [0.25, 0.3) is 0 Å². The highest BCUT2D eigenvalue weighted by molar-refractivity contribution is 5.82. The smallest absolute Gasteiger partial charge is 0.292 e. The predicted molar refractivity (Wildman–Crippen MR) is 85.0 cm³/mol. The van der Waals surface area contributed by atoms with Crippen LogP contribution in [0, 0.1) is 16.0 Å². The molecule has 0 bridgehead atoms. The quantitative estimate of drug-likeness (QED) is 0.629. The monoisotopic (exact) mass is 306 g/mol. The summed E-state index contributed by atoms with van der Waals surface area (Å²) in [5.74, 6) is 0.504.